The number of aromatic amines is 1. The van der Waals surface area contributed by atoms with Crippen LogP contribution in [0.15, 0.2) is 60.0 Å². The zero-order valence-electron chi connectivity index (χ0n) is 15.4. The van der Waals surface area contributed by atoms with Crippen molar-refractivity contribution < 1.29 is 0 Å². The number of imidazole rings is 1. The molecule has 5 nitrogen and oxygen atoms in total. The maximum absolute atomic E-state index is 6.48. The number of H-pyrrole nitrogens is 1. The number of nitrogens with zero attached hydrogens (tertiary/aromatic N) is 4. The Morgan fingerprint density at radius 2 is 1.83 bits per heavy atom. The molecular weight excluding hydrogens is 425 g/mol. The average Bonchev–Trinajstić information content (AvgIpc) is 3.17. The van der Waals surface area contributed by atoms with Crippen LogP contribution in [0.2, 0.25) is 10.0 Å². The van der Waals surface area contributed by atoms with Gasteiger partial charge < -0.3 is 9.88 Å². The summed E-state index contributed by atoms with van der Waals surface area (Å²) in [5.74, 6) is 0.742. The van der Waals surface area contributed by atoms with Crippen LogP contribution in [-0.4, -0.2) is 26.2 Å². The largest absolute Gasteiger partial charge is 0.340 e. The predicted molar refractivity (Wildman–Crippen MR) is 120 cm³/mol. The number of aromatic nitrogens is 4. The highest BCUT2D eigenvalue weighted by molar-refractivity contribution is 7.98. The fourth-order valence-corrected chi connectivity index (χ4v) is 4.40. The van der Waals surface area contributed by atoms with Gasteiger partial charge in [-0.1, -0.05) is 53.2 Å². The molecule has 1 aliphatic rings. The van der Waals surface area contributed by atoms with Crippen LogP contribution < -0.4 is 4.90 Å². The van der Waals surface area contributed by atoms with E-state index in [9.17, 15) is 0 Å². The Morgan fingerprint density at radius 3 is 2.59 bits per heavy atom. The molecule has 0 fully saturated rings. The zero-order valence-corrected chi connectivity index (χ0v) is 17.7. The minimum atomic E-state index is 0.567. The van der Waals surface area contributed by atoms with Gasteiger partial charge >= 0.3 is 0 Å². The summed E-state index contributed by atoms with van der Waals surface area (Å²) >= 11 is 14.5. The van der Waals surface area contributed by atoms with Crippen molar-refractivity contribution in [3.8, 4) is 0 Å². The summed E-state index contributed by atoms with van der Waals surface area (Å²) in [4.78, 5) is 19.4. The van der Waals surface area contributed by atoms with E-state index in [2.05, 4.69) is 9.97 Å². The lowest BCUT2D eigenvalue weighted by Crippen LogP contribution is -2.23. The second-order valence-corrected chi connectivity index (χ2v) is 8.16. The van der Waals surface area contributed by atoms with Crippen molar-refractivity contribution in [3.05, 3.63) is 82.0 Å². The standard InChI is InChI=1S/C21H15Cl2N5S/c1-29-21-24-9-12-10-28(19-14(22)5-4-6-15(19)23)11-13(18(12)27-21)20-25-16-7-2-3-8-17(16)26-20/h2-9,11H,10H2,1H3,(H,25,26). The first-order valence-electron chi connectivity index (χ1n) is 8.92. The van der Waals surface area contributed by atoms with Crippen LogP contribution in [0.25, 0.3) is 16.6 Å². The van der Waals surface area contributed by atoms with Gasteiger partial charge in [-0.2, -0.15) is 0 Å². The number of benzene rings is 2. The van der Waals surface area contributed by atoms with E-state index in [0.717, 1.165) is 44.5 Å². The Morgan fingerprint density at radius 1 is 1.03 bits per heavy atom. The summed E-state index contributed by atoms with van der Waals surface area (Å²) in [6.07, 6.45) is 5.83. The molecule has 8 heteroatoms. The highest BCUT2D eigenvalue weighted by Crippen LogP contribution is 2.39. The molecule has 2 aromatic carbocycles. The van der Waals surface area contributed by atoms with Gasteiger partial charge in [0.25, 0.3) is 0 Å². The van der Waals surface area contributed by atoms with E-state index in [1.165, 1.54) is 11.8 Å². The summed E-state index contributed by atoms with van der Waals surface area (Å²) in [6, 6.07) is 13.4. The van der Waals surface area contributed by atoms with Gasteiger partial charge in [-0.3, -0.25) is 0 Å². The molecule has 0 unspecified atom stereocenters. The number of thioether (sulfide) groups is 1. The molecule has 0 aliphatic carbocycles. The molecular formula is C21H15Cl2N5S. The van der Waals surface area contributed by atoms with Crippen molar-refractivity contribution in [2.75, 3.05) is 11.2 Å². The summed E-state index contributed by atoms with van der Waals surface area (Å²) in [6.45, 7) is 0.567. The monoisotopic (exact) mass is 439 g/mol. The lowest BCUT2D eigenvalue weighted by molar-refractivity contribution is 0.858. The van der Waals surface area contributed by atoms with E-state index in [1.54, 1.807) is 0 Å². The van der Waals surface area contributed by atoms with E-state index < -0.39 is 0 Å². The van der Waals surface area contributed by atoms with E-state index in [0.29, 0.717) is 16.6 Å². The molecule has 0 bridgehead atoms. The molecule has 29 heavy (non-hydrogen) atoms. The van der Waals surface area contributed by atoms with Crippen LogP contribution in [0, 0.1) is 0 Å². The molecule has 1 N–H and O–H groups in total. The van der Waals surface area contributed by atoms with Crippen LogP contribution in [0.4, 0.5) is 5.69 Å². The molecule has 4 aromatic rings. The minimum absolute atomic E-state index is 0.567. The van der Waals surface area contributed by atoms with Gasteiger partial charge in [0.05, 0.1) is 44.6 Å². The Balaban J connectivity index is 1.72. The van der Waals surface area contributed by atoms with Gasteiger partial charge in [-0.25, -0.2) is 15.0 Å². The van der Waals surface area contributed by atoms with Crippen molar-refractivity contribution in [1.29, 1.82) is 0 Å². The Bertz CT molecular complexity index is 1210. The lowest BCUT2D eigenvalue weighted by atomic mass is 10.0. The van der Waals surface area contributed by atoms with Gasteiger partial charge in [0, 0.05) is 18.0 Å². The number of nitrogens with one attached hydrogen (secondary N) is 1. The van der Waals surface area contributed by atoms with Gasteiger partial charge in [-0.05, 0) is 30.5 Å². The first-order chi connectivity index (χ1) is 14.1. The molecule has 0 atom stereocenters. The molecule has 3 heterocycles. The third-order valence-electron chi connectivity index (χ3n) is 4.78. The van der Waals surface area contributed by atoms with Gasteiger partial charge in [-0.15, -0.1) is 0 Å². The topological polar surface area (TPSA) is 57.7 Å². The van der Waals surface area contributed by atoms with E-state index >= 15 is 0 Å². The lowest BCUT2D eigenvalue weighted by Gasteiger charge is -2.29. The summed E-state index contributed by atoms with van der Waals surface area (Å²) in [7, 11) is 0. The Kier molecular flexibility index (Phi) is 4.70. The van der Waals surface area contributed by atoms with Crippen LogP contribution in [0.3, 0.4) is 0 Å². The number of hydrogen-bond donors (Lipinski definition) is 1. The number of hydrogen-bond acceptors (Lipinski definition) is 5. The number of para-hydroxylation sites is 3. The highest BCUT2D eigenvalue weighted by Gasteiger charge is 2.26. The average molecular weight is 440 g/mol. The SMILES string of the molecule is CSc1ncc2c(n1)C(c1nc3ccccc3[nH]1)=CN(c1c(Cl)cccc1Cl)C2. The number of anilines is 1. The second-order valence-electron chi connectivity index (χ2n) is 6.57. The molecule has 0 spiro atoms. The smallest absolute Gasteiger partial charge is 0.187 e. The molecule has 0 saturated heterocycles. The second kappa shape index (κ2) is 7.37. The zero-order chi connectivity index (χ0) is 20.0. The quantitative estimate of drug-likeness (QED) is 0.323. The van der Waals surface area contributed by atoms with Crippen LogP contribution in [-0.2, 0) is 6.54 Å². The maximum Gasteiger partial charge on any atom is 0.187 e. The molecule has 144 valence electrons. The predicted octanol–water partition coefficient (Wildman–Crippen LogP) is 5.79. The highest BCUT2D eigenvalue weighted by atomic mass is 35.5. The first kappa shape index (κ1) is 18.5. The first-order valence-corrected chi connectivity index (χ1v) is 10.9. The molecule has 1 aliphatic heterocycles. The van der Waals surface area contributed by atoms with Crippen molar-refractivity contribution in [1.82, 2.24) is 19.9 Å². The molecule has 5 rings (SSSR count). The number of rotatable bonds is 3. The van der Waals surface area contributed by atoms with E-state index in [-0.39, 0.29) is 0 Å². The molecule has 2 aromatic heterocycles. The molecule has 0 saturated carbocycles. The van der Waals surface area contributed by atoms with Crippen molar-refractivity contribution in [3.63, 3.8) is 0 Å². The third-order valence-corrected chi connectivity index (χ3v) is 5.95. The number of halogens is 2. The minimum Gasteiger partial charge on any atom is -0.340 e. The fraction of sp³-hybridized carbons (Fsp3) is 0.0952. The normalized spacial score (nSPS) is 13.5. The molecule has 0 radical (unpaired) electrons. The van der Waals surface area contributed by atoms with Crippen LogP contribution in [0.5, 0.6) is 0 Å². The van der Waals surface area contributed by atoms with Crippen LogP contribution in [0.1, 0.15) is 17.1 Å². The van der Waals surface area contributed by atoms with Crippen molar-refractivity contribution in [2.45, 2.75) is 11.7 Å². The third kappa shape index (κ3) is 3.27. The Labute approximate surface area is 181 Å². The summed E-state index contributed by atoms with van der Waals surface area (Å²) in [5.41, 5.74) is 5.34. The van der Waals surface area contributed by atoms with Gasteiger partial charge in [0.1, 0.15) is 5.82 Å². The van der Waals surface area contributed by atoms with Crippen molar-refractivity contribution in [2.24, 2.45) is 0 Å². The van der Waals surface area contributed by atoms with E-state index in [4.69, 9.17) is 33.2 Å². The molecule has 0 amide bonds. The Hall–Kier alpha value is -2.54. The van der Waals surface area contributed by atoms with Gasteiger partial charge in [0.2, 0.25) is 0 Å². The number of fused-ring (bicyclic) bond motifs is 2. The van der Waals surface area contributed by atoms with Gasteiger partial charge in [0.15, 0.2) is 5.16 Å². The fourth-order valence-electron chi connectivity index (χ4n) is 3.44. The van der Waals surface area contributed by atoms with Crippen LogP contribution >= 0.6 is 35.0 Å². The summed E-state index contributed by atoms with van der Waals surface area (Å²) < 4.78 is 0. The maximum atomic E-state index is 6.48. The summed E-state index contributed by atoms with van der Waals surface area (Å²) in [5, 5.41) is 1.89. The van der Waals surface area contributed by atoms with Crippen molar-refractivity contribution >= 4 is 57.3 Å². The van der Waals surface area contributed by atoms with E-state index in [1.807, 2.05) is 66.0 Å².